The van der Waals surface area contributed by atoms with E-state index in [0.717, 1.165) is 10.6 Å². The van der Waals surface area contributed by atoms with E-state index in [2.05, 4.69) is 42.8 Å². The molecule has 27 heavy (non-hydrogen) atoms. The number of hydrogen-bond donors (Lipinski definition) is 1. The van der Waals surface area contributed by atoms with Gasteiger partial charge in [-0.05, 0) is 55.3 Å². The van der Waals surface area contributed by atoms with Crippen LogP contribution in [0.15, 0.2) is 88.7 Å². The lowest BCUT2D eigenvalue weighted by Gasteiger charge is -2.09. The van der Waals surface area contributed by atoms with E-state index in [1.807, 2.05) is 48.7 Å². The quantitative estimate of drug-likeness (QED) is 0.495. The van der Waals surface area contributed by atoms with E-state index in [-0.39, 0.29) is 0 Å². The highest BCUT2D eigenvalue weighted by Gasteiger charge is 2.07. The maximum Gasteiger partial charge on any atom is 0.417 e. The number of ether oxygens (including phenoxy) is 1. The third-order valence-corrected chi connectivity index (χ3v) is 5.30. The van der Waals surface area contributed by atoms with E-state index >= 15 is 0 Å². The fraction of sp³-hybridized carbons (Fsp3) is 0.136. The van der Waals surface area contributed by atoms with Crippen molar-refractivity contribution >= 4 is 35.3 Å². The summed E-state index contributed by atoms with van der Waals surface area (Å²) in [6.45, 7) is 2.13. The summed E-state index contributed by atoms with van der Waals surface area (Å²) in [4.78, 5) is 14.1. The fourth-order valence-electron chi connectivity index (χ4n) is 2.26. The molecular weight excluding hydrogens is 374 g/mol. The van der Waals surface area contributed by atoms with Crippen LogP contribution in [0.4, 0.5) is 10.5 Å². The standard InChI is InChI=1S/C14H13NO2S.C8H10S/c1-18-13-10-6-5-9-12(13)15-14(16)17-11-7-3-2-4-8-11;1-7-5-3-4-6-8(7)9-2/h2-10H,1H3,(H,15,16);3-6H,1-2H3. The van der Waals surface area contributed by atoms with Crippen LogP contribution in [0.1, 0.15) is 5.56 Å². The smallest absolute Gasteiger partial charge is 0.410 e. The van der Waals surface area contributed by atoms with Gasteiger partial charge in [0.15, 0.2) is 0 Å². The van der Waals surface area contributed by atoms with Crippen molar-refractivity contribution in [3.63, 3.8) is 0 Å². The summed E-state index contributed by atoms with van der Waals surface area (Å²) in [5, 5.41) is 2.73. The SMILES string of the molecule is CSc1ccccc1C.CSc1ccccc1NC(=O)Oc1ccccc1. The van der Waals surface area contributed by atoms with E-state index in [1.165, 1.54) is 10.5 Å². The first kappa shape index (κ1) is 20.9. The van der Waals surface area contributed by atoms with Crippen molar-refractivity contribution in [3.8, 4) is 5.75 Å². The number of para-hydroxylation sites is 2. The molecule has 0 unspecified atom stereocenters. The summed E-state index contributed by atoms with van der Waals surface area (Å²) in [5.41, 5.74) is 2.12. The summed E-state index contributed by atoms with van der Waals surface area (Å²) in [5.74, 6) is 0.525. The van der Waals surface area contributed by atoms with Gasteiger partial charge in [0.1, 0.15) is 5.75 Å². The molecule has 0 aliphatic rings. The molecule has 0 bridgehead atoms. The van der Waals surface area contributed by atoms with Crippen LogP contribution in [0.5, 0.6) is 5.75 Å². The normalized spacial score (nSPS) is 9.74. The Morgan fingerprint density at radius 1 is 0.778 bits per heavy atom. The zero-order valence-corrected chi connectivity index (χ0v) is 17.3. The second kappa shape index (κ2) is 11.4. The molecule has 0 saturated heterocycles. The Hall–Kier alpha value is -2.37. The Morgan fingerprint density at radius 3 is 1.93 bits per heavy atom. The highest BCUT2D eigenvalue weighted by Crippen LogP contribution is 2.24. The number of amides is 1. The van der Waals surface area contributed by atoms with Crippen molar-refractivity contribution in [1.29, 1.82) is 0 Å². The van der Waals surface area contributed by atoms with Crippen LogP contribution in [0.2, 0.25) is 0 Å². The van der Waals surface area contributed by atoms with Gasteiger partial charge in [0.25, 0.3) is 0 Å². The number of carbonyl (C=O) groups is 1. The molecule has 0 heterocycles. The molecule has 3 aromatic carbocycles. The van der Waals surface area contributed by atoms with Crippen LogP contribution in [0, 0.1) is 6.92 Å². The molecule has 3 nitrogen and oxygen atoms in total. The molecule has 0 aromatic heterocycles. The van der Waals surface area contributed by atoms with Gasteiger partial charge in [-0.2, -0.15) is 0 Å². The number of benzene rings is 3. The van der Waals surface area contributed by atoms with Crippen LogP contribution in [-0.2, 0) is 0 Å². The van der Waals surface area contributed by atoms with E-state index in [9.17, 15) is 4.79 Å². The van der Waals surface area contributed by atoms with Crippen LogP contribution < -0.4 is 10.1 Å². The minimum Gasteiger partial charge on any atom is -0.410 e. The maximum absolute atomic E-state index is 11.7. The minimum atomic E-state index is -0.484. The van der Waals surface area contributed by atoms with Crippen molar-refractivity contribution in [2.75, 3.05) is 17.8 Å². The lowest BCUT2D eigenvalue weighted by molar-refractivity contribution is 0.215. The van der Waals surface area contributed by atoms with Crippen molar-refractivity contribution in [3.05, 3.63) is 84.4 Å². The Morgan fingerprint density at radius 2 is 1.33 bits per heavy atom. The van der Waals surface area contributed by atoms with E-state index < -0.39 is 6.09 Å². The lowest BCUT2D eigenvalue weighted by Crippen LogP contribution is -2.17. The Kier molecular flexibility index (Phi) is 8.81. The van der Waals surface area contributed by atoms with Gasteiger partial charge in [0, 0.05) is 9.79 Å². The zero-order chi connectivity index (χ0) is 19.5. The van der Waals surface area contributed by atoms with Crippen LogP contribution >= 0.6 is 23.5 Å². The Balaban J connectivity index is 0.000000244. The van der Waals surface area contributed by atoms with Crippen molar-refractivity contribution in [2.24, 2.45) is 0 Å². The molecule has 0 spiro atoms. The zero-order valence-electron chi connectivity index (χ0n) is 15.6. The van der Waals surface area contributed by atoms with Gasteiger partial charge in [-0.15, -0.1) is 23.5 Å². The molecule has 5 heteroatoms. The van der Waals surface area contributed by atoms with Crippen molar-refractivity contribution < 1.29 is 9.53 Å². The average Bonchev–Trinajstić information content (AvgIpc) is 2.70. The molecule has 0 aliphatic heterocycles. The molecule has 3 rings (SSSR count). The number of rotatable bonds is 4. The molecule has 0 aliphatic carbocycles. The van der Waals surface area contributed by atoms with Gasteiger partial charge in [0.2, 0.25) is 0 Å². The number of nitrogens with one attached hydrogen (secondary N) is 1. The first-order valence-electron chi connectivity index (χ1n) is 8.40. The third kappa shape index (κ3) is 7.04. The molecule has 1 amide bonds. The molecule has 1 N–H and O–H groups in total. The van der Waals surface area contributed by atoms with Crippen LogP contribution in [-0.4, -0.2) is 18.6 Å². The monoisotopic (exact) mass is 397 g/mol. The van der Waals surface area contributed by atoms with Crippen molar-refractivity contribution in [2.45, 2.75) is 16.7 Å². The summed E-state index contributed by atoms with van der Waals surface area (Å²) in [6.07, 6.45) is 3.58. The van der Waals surface area contributed by atoms with E-state index in [0.29, 0.717) is 5.75 Å². The molecule has 0 fully saturated rings. The number of thioether (sulfide) groups is 2. The molecule has 3 aromatic rings. The largest absolute Gasteiger partial charge is 0.417 e. The predicted octanol–water partition coefficient (Wildman–Crippen LogP) is 6.74. The molecular formula is C22H23NO2S2. The highest BCUT2D eigenvalue weighted by molar-refractivity contribution is 7.99. The van der Waals surface area contributed by atoms with Gasteiger partial charge in [-0.1, -0.05) is 48.5 Å². The third-order valence-electron chi connectivity index (χ3n) is 3.61. The number of carbonyl (C=O) groups excluding carboxylic acids is 1. The second-order valence-electron chi connectivity index (χ2n) is 5.50. The Labute approximate surface area is 169 Å². The van der Waals surface area contributed by atoms with E-state index in [4.69, 9.17) is 4.74 Å². The average molecular weight is 398 g/mol. The van der Waals surface area contributed by atoms with Gasteiger partial charge < -0.3 is 4.74 Å². The molecule has 0 radical (unpaired) electrons. The summed E-state index contributed by atoms with van der Waals surface area (Å²) in [6, 6.07) is 25.0. The second-order valence-corrected chi connectivity index (χ2v) is 7.19. The van der Waals surface area contributed by atoms with E-state index in [1.54, 1.807) is 35.7 Å². The maximum atomic E-state index is 11.7. The number of aryl methyl sites for hydroxylation is 1. The first-order valence-corrected chi connectivity index (χ1v) is 10.9. The Bertz CT molecular complexity index is 854. The van der Waals surface area contributed by atoms with Crippen LogP contribution in [0.25, 0.3) is 0 Å². The first-order chi connectivity index (χ1) is 13.1. The number of hydrogen-bond acceptors (Lipinski definition) is 4. The molecule has 140 valence electrons. The number of anilines is 1. The summed E-state index contributed by atoms with van der Waals surface area (Å²) in [7, 11) is 0. The van der Waals surface area contributed by atoms with Gasteiger partial charge in [0.05, 0.1) is 5.69 Å². The molecule has 0 atom stereocenters. The predicted molar refractivity (Wildman–Crippen MR) is 117 cm³/mol. The highest BCUT2D eigenvalue weighted by atomic mass is 32.2. The van der Waals surface area contributed by atoms with Gasteiger partial charge >= 0.3 is 6.09 Å². The lowest BCUT2D eigenvalue weighted by atomic mass is 10.2. The fourth-order valence-corrected chi connectivity index (χ4v) is 3.42. The minimum absolute atomic E-state index is 0.484. The molecule has 0 saturated carbocycles. The summed E-state index contributed by atoms with van der Waals surface area (Å²) >= 11 is 3.37. The summed E-state index contributed by atoms with van der Waals surface area (Å²) < 4.78 is 5.16. The topological polar surface area (TPSA) is 38.3 Å². The van der Waals surface area contributed by atoms with Crippen molar-refractivity contribution in [1.82, 2.24) is 0 Å². The van der Waals surface area contributed by atoms with Gasteiger partial charge in [-0.3, -0.25) is 5.32 Å². The van der Waals surface area contributed by atoms with Gasteiger partial charge in [-0.25, -0.2) is 4.79 Å². The van der Waals surface area contributed by atoms with Crippen LogP contribution in [0.3, 0.4) is 0 Å².